The Morgan fingerprint density at radius 3 is 2.61 bits per heavy atom. The minimum atomic E-state index is -1.20. The lowest BCUT2D eigenvalue weighted by Gasteiger charge is -2.12. The van der Waals surface area contributed by atoms with E-state index in [2.05, 4.69) is 5.32 Å². The number of rotatable bonds is 7. The fourth-order valence-corrected chi connectivity index (χ4v) is 2.19. The van der Waals surface area contributed by atoms with Gasteiger partial charge in [-0.15, -0.1) is 0 Å². The van der Waals surface area contributed by atoms with E-state index in [0.717, 1.165) is 6.08 Å². The quantitative estimate of drug-likeness (QED) is 0.337. The average Bonchev–Trinajstić information content (AvgIpc) is 2.66. The molecule has 0 aliphatic carbocycles. The molecule has 2 rings (SSSR count). The number of halogens is 1. The normalized spacial score (nSPS) is 11.7. The minimum Gasteiger partial charge on any atom is -0.494 e. The van der Waals surface area contributed by atoms with Crippen LogP contribution in [0.1, 0.15) is 12.5 Å². The number of methoxy groups -OCH3 is 1. The Labute approximate surface area is 159 Å². The SMILES string of the molecule is COc1ccc(/C=C/C(=O)O[C@@H](C)C(=O)Nc2ccccc2[N+](=O)[O-])cc1F. The Morgan fingerprint density at radius 1 is 1.25 bits per heavy atom. The molecule has 9 heteroatoms. The molecule has 0 saturated heterocycles. The molecule has 0 aromatic heterocycles. The number of carbonyl (C=O) groups is 2. The molecule has 0 spiro atoms. The number of hydrogen-bond donors (Lipinski definition) is 1. The van der Waals surface area contributed by atoms with Crippen LogP contribution >= 0.6 is 0 Å². The van der Waals surface area contributed by atoms with Crippen LogP contribution in [0, 0.1) is 15.9 Å². The van der Waals surface area contributed by atoms with Gasteiger partial charge in [0.25, 0.3) is 11.6 Å². The van der Waals surface area contributed by atoms with E-state index in [1.54, 1.807) is 0 Å². The molecule has 2 aromatic carbocycles. The Balaban J connectivity index is 1.97. The number of amides is 1. The number of hydrogen-bond acceptors (Lipinski definition) is 6. The van der Waals surface area contributed by atoms with Crippen LogP contribution in [0.15, 0.2) is 48.5 Å². The molecule has 1 N–H and O–H groups in total. The first-order valence-corrected chi connectivity index (χ1v) is 8.08. The Hall–Kier alpha value is -3.75. The maximum atomic E-state index is 13.6. The van der Waals surface area contributed by atoms with Crippen LogP contribution in [0.25, 0.3) is 6.08 Å². The number of carbonyl (C=O) groups excluding carboxylic acids is 2. The standard InChI is InChI=1S/C19H17FN2O6/c1-12(19(24)21-15-5-3-4-6-16(15)22(25)26)28-18(23)10-8-13-7-9-17(27-2)14(20)11-13/h3-12H,1-2H3,(H,21,24)/b10-8+/t12-/m0/s1. The molecule has 0 saturated carbocycles. The van der Waals surface area contributed by atoms with Crippen molar-refractivity contribution >= 4 is 29.3 Å². The summed E-state index contributed by atoms with van der Waals surface area (Å²) in [5, 5.41) is 13.3. The highest BCUT2D eigenvalue weighted by Gasteiger charge is 2.20. The fraction of sp³-hybridized carbons (Fsp3) is 0.158. The molecule has 0 unspecified atom stereocenters. The summed E-state index contributed by atoms with van der Waals surface area (Å²) in [6, 6.07) is 9.71. The predicted molar refractivity (Wildman–Crippen MR) is 99.3 cm³/mol. The van der Waals surface area contributed by atoms with Crippen molar-refractivity contribution in [3.63, 3.8) is 0 Å². The summed E-state index contributed by atoms with van der Waals surface area (Å²) in [5.41, 5.74) is 0.104. The zero-order chi connectivity index (χ0) is 20.7. The molecule has 146 valence electrons. The molecule has 0 radical (unpaired) electrons. The largest absolute Gasteiger partial charge is 0.494 e. The van der Waals surface area contributed by atoms with Crippen molar-refractivity contribution in [1.82, 2.24) is 0 Å². The molecule has 0 bridgehead atoms. The minimum absolute atomic E-state index is 0.00958. The molecular weight excluding hydrogens is 371 g/mol. The summed E-state index contributed by atoms with van der Waals surface area (Å²) in [5.74, 6) is -2.08. The monoisotopic (exact) mass is 388 g/mol. The highest BCUT2D eigenvalue weighted by molar-refractivity contribution is 5.98. The number of esters is 1. The number of nitrogens with one attached hydrogen (secondary N) is 1. The van der Waals surface area contributed by atoms with Gasteiger partial charge in [0, 0.05) is 12.1 Å². The van der Waals surface area contributed by atoms with Crippen LogP contribution < -0.4 is 10.1 Å². The maximum Gasteiger partial charge on any atom is 0.331 e. The van der Waals surface area contributed by atoms with E-state index in [0.29, 0.717) is 5.56 Å². The van der Waals surface area contributed by atoms with E-state index < -0.39 is 28.7 Å². The van der Waals surface area contributed by atoms with Gasteiger partial charge in [0.05, 0.1) is 12.0 Å². The second-order valence-corrected chi connectivity index (χ2v) is 5.57. The molecule has 0 heterocycles. The van der Waals surface area contributed by atoms with Crippen LogP contribution in [0.5, 0.6) is 5.75 Å². The van der Waals surface area contributed by atoms with Gasteiger partial charge in [-0.2, -0.15) is 0 Å². The van der Waals surface area contributed by atoms with Crippen LogP contribution in [0.3, 0.4) is 0 Å². The molecule has 8 nitrogen and oxygen atoms in total. The first-order chi connectivity index (χ1) is 13.3. The van der Waals surface area contributed by atoms with Gasteiger partial charge in [0.2, 0.25) is 0 Å². The number of ether oxygens (including phenoxy) is 2. The summed E-state index contributed by atoms with van der Waals surface area (Å²) in [6.45, 7) is 1.32. The summed E-state index contributed by atoms with van der Waals surface area (Å²) in [6.07, 6.45) is 1.15. The van der Waals surface area contributed by atoms with E-state index >= 15 is 0 Å². The van der Waals surface area contributed by atoms with Crippen molar-refractivity contribution in [2.45, 2.75) is 13.0 Å². The van der Waals surface area contributed by atoms with Crippen molar-refractivity contribution in [3.8, 4) is 5.75 Å². The second-order valence-electron chi connectivity index (χ2n) is 5.57. The van der Waals surface area contributed by atoms with Crippen molar-refractivity contribution < 1.29 is 28.4 Å². The third-order valence-electron chi connectivity index (χ3n) is 3.61. The number of para-hydroxylation sites is 2. The van der Waals surface area contributed by atoms with Crippen LogP contribution in [-0.2, 0) is 14.3 Å². The predicted octanol–water partition coefficient (Wildman–Crippen LogP) is 3.33. The lowest BCUT2D eigenvalue weighted by atomic mass is 10.2. The topological polar surface area (TPSA) is 108 Å². The lowest BCUT2D eigenvalue weighted by Crippen LogP contribution is -2.29. The second kappa shape index (κ2) is 9.26. The third-order valence-corrected chi connectivity index (χ3v) is 3.61. The summed E-state index contributed by atoms with van der Waals surface area (Å²) >= 11 is 0. The third kappa shape index (κ3) is 5.37. The van der Waals surface area contributed by atoms with Crippen molar-refractivity contribution in [2.75, 3.05) is 12.4 Å². The first-order valence-electron chi connectivity index (χ1n) is 8.08. The van der Waals surface area contributed by atoms with Gasteiger partial charge in [-0.25, -0.2) is 9.18 Å². The van der Waals surface area contributed by atoms with Crippen LogP contribution in [0.2, 0.25) is 0 Å². The number of nitro benzene ring substituents is 1. The molecule has 28 heavy (non-hydrogen) atoms. The van der Waals surface area contributed by atoms with Gasteiger partial charge in [0.15, 0.2) is 17.7 Å². The zero-order valence-corrected chi connectivity index (χ0v) is 15.0. The van der Waals surface area contributed by atoms with Gasteiger partial charge in [0.1, 0.15) is 5.69 Å². The van der Waals surface area contributed by atoms with Crippen LogP contribution in [-0.4, -0.2) is 30.0 Å². The average molecular weight is 388 g/mol. The number of nitro groups is 1. The van der Waals surface area contributed by atoms with Crippen molar-refractivity contribution in [3.05, 3.63) is 70.0 Å². The van der Waals surface area contributed by atoms with E-state index in [-0.39, 0.29) is 17.1 Å². The Morgan fingerprint density at radius 2 is 1.96 bits per heavy atom. The number of anilines is 1. The molecular formula is C19H17FN2O6. The van der Waals surface area contributed by atoms with Gasteiger partial charge >= 0.3 is 5.97 Å². The summed E-state index contributed by atoms with van der Waals surface area (Å²) in [7, 11) is 1.34. The fourth-order valence-electron chi connectivity index (χ4n) is 2.19. The van der Waals surface area contributed by atoms with Crippen LogP contribution in [0.4, 0.5) is 15.8 Å². The van der Waals surface area contributed by atoms with E-state index in [4.69, 9.17) is 9.47 Å². The molecule has 2 aromatic rings. The summed E-state index contributed by atoms with van der Waals surface area (Å²) in [4.78, 5) is 34.3. The van der Waals surface area contributed by atoms with E-state index in [1.165, 1.54) is 62.6 Å². The molecule has 0 aliphatic heterocycles. The highest BCUT2D eigenvalue weighted by atomic mass is 19.1. The highest BCUT2D eigenvalue weighted by Crippen LogP contribution is 2.23. The first kappa shape index (κ1) is 20.6. The van der Waals surface area contributed by atoms with Crippen molar-refractivity contribution in [1.29, 1.82) is 0 Å². The van der Waals surface area contributed by atoms with Gasteiger partial charge in [-0.05, 0) is 36.8 Å². The molecule has 1 amide bonds. The van der Waals surface area contributed by atoms with Crippen molar-refractivity contribution in [2.24, 2.45) is 0 Å². The molecule has 0 aliphatic rings. The van der Waals surface area contributed by atoms with Gasteiger partial charge < -0.3 is 14.8 Å². The maximum absolute atomic E-state index is 13.6. The van der Waals surface area contributed by atoms with E-state index in [9.17, 15) is 24.1 Å². The molecule has 0 fully saturated rings. The number of nitrogens with zero attached hydrogens (tertiary/aromatic N) is 1. The lowest BCUT2D eigenvalue weighted by molar-refractivity contribution is -0.383. The Kier molecular flexibility index (Phi) is 6.80. The Bertz CT molecular complexity index is 928. The smallest absolute Gasteiger partial charge is 0.331 e. The van der Waals surface area contributed by atoms with Gasteiger partial charge in [-0.3, -0.25) is 14.9 Å². The molecule has 1 atom stereocenters. The summed E-state index contributed by atoms with van der Waals surface area (Å²) < 4.78 is 23.4. The number of benzene rings is 2. The van der Waals surface area contributed by atoms with Gasteiger partial charge in [-0.1, -0.05) is 18.2 Å². The zero-order valence-electron chi connectivity index (χ0n) is 15.0. The van der Waals surface area contributed by atoms with E-state index in [1.807, 2.05) is 0 Å².